The zero-order valence-corrected chi connectivity index (χ0v) is 16.8. The van der Waals surface area contributed by atoms with E-state index in [0.717, 1.165) is 0 Å². The minimum atomic E-state index is -0.269. The van der Waals surface area contributed by atoms with Crippen molar-refractivity contribution in [3.8, 4) is 5.75 Å². The zero-order valence-electron chi connectivity index (χ0n) is 16.0. The highest BCUT2D eigenvalue weighted by Crippen LogP contribution is 2.29. The van der Waals surface area contributed by atoms with Crippen LogP contribution in [0.2, 0.25) is 0 Å². The third-order valence-corrected chi connectivity index (χ3v) is 5.61. The van der Waals surface area contributed by atoms with Gasteiger partial charge < -0.3 is 15.2 Å². The number of anilines is 1. The molecule has 0 bridgehead atoms. The van der Waals surface area contributed by atoms with E-state index >= 15 is 0 Å². The summed E-state index contributed by atoms with van der Waals surface area (Å²) in [6.45, 7) is 0.215. The maximum atomic E-state index is 12.9. The number of benzene rings is 2. The number of carbonyl (C=O) groups excluding carboxylic acids is 2. The summed E-state index contributed by atoms with van der Waals surface area (Å²) >= 11 is 1.17. The zero-order chi connectivity index (χ0) is 21.1. The monoisotopic (exact) mass is 425 g/mol. The van der Waals surface area contributed by atoms with E-state index in [0.29, 0.717) is 46.0 Å². The third kappa shape index (κ3) is 4.07. The Bertz CT molecular complexity index is 1190. The molecule has 4 rings (SSSR count). The Morgan fingerprint density at radius 2 is 2.07 bits per heavy atom. The molecule has 2 aromatic carbocycles. The van der Waals surface area contributed by atoms with E-state index in [-0.39, 0.29) is 36.2 Å². The van der Waals surface area contributed by atoms with Gasteiger partial charge in [0.15, 0.2) is 17.5 Å². The molecule has 0 radical (unpaired) electrons. The van der Waals surface area contributed by atoms with E-state index in [1.807, 2.05) is 0 Å². The first-order valence-electron chi connectivity index (χ1n) is 9.40. The molecule has 9 heteroatoms. The van der Waals surface area contributed by atoms with Gasteiger partial charge >= 0.3 is 0 Å². The number of hydrogen-bond acceptors (Lipinski definition) is 7. The Morgan fingerprint density at radius 3 is 2.90 bits per heavy atom. The van der Waals surface area contributed by atoms with Gasteiger partial charge in [-0.1, -0.05) is 23.9 Å². The van der Waals surface area contributed by atoms with Crippen LogP contribution in [0.4, 0.5) is 5.69 Å². The van der Waals surface area contributed by atoms with Gasteiger partial charge in [0.25, 0.3) is 11.5 Å². The molecule has 154 valence electrons. The van der Waals surface area contributed by atoms with Gasteiger partial charge in [-0.05, 0) is 36.8 Å². The highest BCUT2D eigenvalue weighted by molar-refractivity contribution is 7.99. The molecule has 2 N–H and O–H groups in total. The number of rotatable bonds is 7. The van der Waals surface area contributed by atoms with Gasteiger partial charge in [0, 0.05) is 18.7 Å². The molecule has 2 heterocycles. The molecule has 1 aromatic heterocycles. The lowest BCUT2D eigenvalue weighted by atomic mass is 10.1. The molecule has 1 aliphatic heterocycles. The molecule has 0 aliphatic carbocycles. The molecule has 0 unspecified atom stereocenters. The Kier molecular flexibility index (Phi) is 5.82. The molecule has 0 saturated heterocycles. The number of aliphatic hydroxyl groups is 1. The lowest BCUT2D eigenvalue weighted by Gasteiger charge is -2.18. The third-order valence-electron chi connectivity index (χ3n) is 4.63. The van der Waals surface area contributed by atoms with E-state index in [1.54, 1.807) is 42.5 Å². The molecular weight excluding hydrogens is 406 g/mol. The van der Waals surface area contributed by atoms with Crippen LogP contribution >= 0.6 is 11.8 Å². The van der Waals surface area contributed by atoms with Crippen LogP contribution in [0.3, 0.4) is 0 Å². The van der Waals surface area contributed by atoms with Gasteiger partial charge in [0.1, 0.15) is 5.75 Å². The van der Waals surface area contributed by atoms with Gasteiger partial charge in [-0.15, -0.1) is 0 Å². The van der Waals surface area contributed by atoms with Gasteiger partial charge in [-0.25, -0.2) is 4.98 Å². The molecule has 0 spiro atoms. The van der Waals surface area contributed by atoms with E-state index < -0.39 is 0 Å². The second-order valence-electron chi connectivity index (χ2n) is 6.71. The Labute approximate surface area is 175 Å². The summed E-state index contributed by atoms with van der Waals surface area (Å²) < 4.78 is 6.81. The van der Waals surface area contributed by atoms with Crippen LogP contribution in [0, 0.1) is 0 Å². The molecule has 8 nitrogen and oxygen atoms in total. The number of carbonyl (C=O) groups is 2. The number of aromatic nitrogens is 2. The normalized spacial score (nSPS) is 12.9. The molecule has 0 fully saturated rings. The van der Waals surface area contributed by atoms with Crippen LogP contribution in [0.15, 0.2) is 52.4 Å². The van der Waals surface area contributed by atoms with E-state index in [2.05, 4.69) is 10.3 Å². The van der Waals surface area contributed by atoms with E-state index in [1.165, 1.54) is 16.3 Å². The van der Waals surface area contributed by atoms with Crippen LogP contribution in [0.1, 0.15) is 16.8 Å². The molecule has 1 amide bonds. The van der Waals surface area contributed by atoms with Crippen LogP contribution in [-0.4, -0.2) is 45.3 Å². The van der Waals surface area contributed by atoms with Crippen molar-refractivity contribution in [2.75, 3.05) is 24.3 Å². The fourth-order valence-electron chi connectivity index (χ4n) is 3.15. The summed E-state index contributed by atoms with van der Waals surface area (Å²) in [4.78, 5) is 41.6. The number of amides is 1. The van der Waals surface area contributed by atoms with Crippen molar-refractivity contribution in [2.24, 2.45) is 0 Å². The molecule has 3 aromatic rings. The minimum absolute atomic E-state index is 0.0465. The molecular formula is C21H19N3O5S. The second-order valence-corrected chi connectivity index (χ2v) is 7.65. The summed E-state index contributed by atoms with van der Waals surface area (Å²) in [6, 6.07) is 11.9. The number of Topliss-reactive ketones (excluding diaryl/α,β-unsaturated/α-hetero) is 1. The summed E-state index contributed by atoms with van der Waals surface area (Å²) in [5.74, 6) is 0.152. The number of para-hydroxylation sites is 1. The smallest absolute Gasteiger partial charge is 0.262 e. The van der Waals surface area contributed by atoms with Crippen molar-refractivity contribution in [2.45, 2.75) is 18.1 Å². The van der Waals surface area contributed by atoms with Gasteiger partial charge in [0.05, 0.1) is 22.3 Å². The quantitative estimate of drug-likeness (QED) is 0.339. The van der Waals surface area contributed by atoms with Crippen LogP contribution in [0.25, 0.3) is 10.9 Å². The van der Waals surface area contributed by atoms with Crippen molar-refractivity contribution in [1.82, 2.24) is 9.55 Å². The fraction of sp³-hybridized carbons (Fsp3) is 0.238. The van der Waals surface area contributed by atoms with E-state index in [4.69, 9.17) is 9.84 Å². The molecule has 30 heavy (non-hydrogen) atoms. The lowest BCUT2D eigenvalue weighted by molar-refractivity contribution is -0.118. The summed E-state index contributed by atoms with van der Waals surface area (Å²) in [6.07, 6.45) is 0.409. The highest BCUT2D eigenvalue weighted by Gasteiger charge is 2.19. The average molecular weight is 425 g/mol. The van der Waals surface area contributed by atoms with Crippen molar-refractivity contribution < 1.29 is 19.4 Å². The fourth-order valence-corrected chi connectivity index (χ4v) is 4.07. The molecule has 1 aliphatic rings. The topological polar surface area (TPSA) is 111 Å². The van der Waals surface area contributed by atoms with Crippen LogP contribution < -0.4 is 15.6 Å². The number of aliphatic hydroxyl groups excluding tert-OH is 1. The van der Waals surface area contributed by atoms with Crippen LogP contribution in [-0.2, 0) is 11.3 Å². The molecule has 0 saturated carbocycles. The number of ether oxygens (including phenoxy) is 1. The van der Waals surface area contributed by atoms with Crippen molar-refractivity contribution in [1.29, 1.82) is 0 Å². The van der Waals surface area contributed by atoms with Crippen LogP contribution in [0.5, 0.6) is 5.75 Å². The maximum absolute atomic E-state index is 12.9. The Morgan fingerprint density at radius 1 is 1.23 bits per heavy atom. The van der Waals surface area contributed by atoms with Crippen molar-refractivity contribution in [3.63, 3.8) is 0 Å². The second kappa shape index (κ2) is 8.68. The Balaban J connectivity index is 1.58. The maximum Gasteiger partial charge on any atom is 0.262 e. The number of ketones is 1. The number of thioether (sulfide) groups is 1. The highest BCUT2D eigenvalue weighted by atomic mass is 32.2. The predicted molar refractivity (Wildman–Crippen MR) is 113 cm³/mol. The number of nitrogens with one attached hydrogen (secondary N) is 1. The summed E-state index contributed by atoms with van der Waals surface area (Å²) in [5.41, 5.74) is 1.26. The van der Waals surface area contributed by atoms with E-state index in [9.17, 15) is 14.4 Å². The lowest BCUT2D eigenvalue weighted by Crippen LogP contribution is -2.25. The van der Waals surface area contributed by atoms with Crippen molar-refractivity contribution >= 4 is 40.0 Å². The van der Waals surface area contributed by atoms with Gasteiger partial charge in [-0.2, -0.15) is 0 Å². The van der Waals surface area contributed by atoms with Gasteiger partial charge in [0.2, 0.25) is 0 Å². The minimum Gasteiger partial charge on any atom is -0.482 e. The first-order valence-corrected chi connectivity index (χ1v) is 10.4. The number of hydrogen-bond donors (Lipinski definition) is 2. The Hall–Kier alpha value is -3.17. The average Bonchev–Trinajstić information content (AvgIpc) is 2.76. The number of fused-ring (bicyclic) bond motifs is 2. The largest absolute Gasteiger partial charge is 0.482 e. The first kappa shape index (κ1) is 20.1. The summed E-state index contributed by atoms with van der Waals surface area (Å²) in [7, 11) is 0. The standard InChI is InChI=1S/C21H19N3O5S/c25-9-3-8-24-20(28)14-4-1-2-5-15(14)23-21(24)30-12-17(26)13-6-7-18-16(10-13)22-19(27)11-29-18/h1-2,4-7,10,25H,3,8-9,11-12H2,(H,22,27). The predicted octanol–water partition coefficient (Wildman–Crippen LogP) is 2.08. The van der Waals surface area contributed by atoms with Crippen molar-refractivity contribution in [3.05, 3.63) is 58.4 Å². The number of nitrogens with zero attached hydrogens (tertiary/aromatic N) is 2. The molecule has 0 atom stereocenters. The first-order chi connectivity index (χ1) is 14.6. The van der Waals surface area contributed by atoms with Gasteiger partial charge in [-0.3, -0.25) is 19.0 Å². The SMILES string of the molecule is O=C1COc2ccc(C(=O)CSc3nc4ccccc4c(=O)n3CCCO)cc2N1. The summed E-state index contributed by atoms with van der Waals surface area (Å²) in [5, 5.41) is 12.8.